The third-order valence-electron chi connectivity index (χ3n) is 3.39. The lowest BCUT2D eigenvalue weighted by Crippen LogP contribution is -2.34. The van der Waals surface area contributed by atoms with Crippen LogP contribution in [-0.4, -0.2) is 48.1 Å². The van der Waals surface area contributed by atoms with Gasteiger partial charge in [0.15, 0.2) is 5.82 Å². The standard InChI is InChI=1S/C11H19ClN6/c1-7-5-18(6-9(7)17(2)3)10-8(12)4-14-11(15-10)16-13/h4,7,9H,5-6,13H2,1-3H3,(H,14,15,16). The summed E-state index contributed by atoms with van der Waals surface area (Å²) in [6.07, 6.45) is 1.58. The summed E-state index contributed by atoms with van der Waals surface area (Å²) in [6, 6.07) is 0.505. The number of rotatable bonds is 3. The lowest BCUT2D eigenvalue weighted by Gasteiger charge is -2.23. The molecule has 2 unspecified atom stereocenters. The number of nitrogens with two attached hydrogens (primary N) is 1. The van der Waals surface area contributed by atoms with Crippen LogP contribution in [0.2, 0.25) is 5.02 Å². The number of hydrogen-bond donors (Lipinski definition) is 2. The predicted octanol–water partition coefficient (Wildman–Crippen LogP) is 0.802. The second-order valence-corrected chi connectivity index (χ2v) is 5.33. The number of nitrogens with zero attached hydrogens (tertiary/aromatic N) is 4. The zero-order valence-corrected chi connectivity index (χ0v) is 11.6. The maximum atomic E-state index is 6.16. The molecule has 7 heteroatoms. The number of anilines is 2. The molecule has 0 spiro atoms. The van der Waals surface area contributed by atoms with E-state index in [0.29, 0.717) is 22.9 Å². The predicted molar refractivity (Wildman–Crippen MR) is 73.7 cm³/mol. The van der Waals surface area contributed by atoms with Gasteiger partial charge in [-0.3, -0.25) is 5.43 Å². The molecule has 1 saturated heterocycles. The van der Waals surface area contributed by atoms with Crippen molar-refractivity contribution in [2.75, 3.05) is 37.5 Å². The molecule has 2 atom stereocenters. The SMILES string of the molecule is CC1CN(c2nc(NN)ncc2Cl)CC1N(C)C. The Hall–Kier alpha value is -1.11. The zero-order chi connectivity index (χ0) is 13.3. The molecule has 1 aliphatic rings. The van der Waals surface area contributed by atoms with Crippen LogP contribution in [0, 0.1) is 5.92 Å². The molecule has 6 nitrogen and oxygen atoms in total. The van der Waals surface area contributed by atoms with Gasteiger partial charge >= 0.3 is 0 Å². The third-order valence-corrected chi connectivity index (χ3v) is 3.66. The van der Waals surface area contributed by atoms with Crippen LogP contribution < -0.4 is 16.2 Å². The fraction of sp³-hybridized carbons (Fsp3) is 0.636. The maximum absolute atomic E-state index is 6.16. The van der Waals surface area contributed by atoms with E-state index in [2.05, 4.69) is 46.2 Å². The summed E-state index contributed by atoms with van der Waals surface area (Å²) in [7, 11) is 4.19. The summed E-state index contributed by atoms with van der Waals surface area (Å²) >= 11 is 6.16. The van der Waals surface area contributed by atoms with Crippen LogP contribution in [0.5, 0.6) is 0 Å². The van der Waals surface area contributed by atoms with Gasteiger partial charge in [0.25, 0.3) is 0 Å². The molecule has 0 radical (unpaired) electrons. The van der Waals surface area contributed by atoms with Crippen molar-refractivity contribution in [3.8, 4) is 0 Å². The molecule has 1 aromatic heterocycles. The van der Waals surface area contributed by atoms with Crippen molar-refractivity contribution in [2.45, 2.75) is 13.0 Å². The Balaban J connectivity index is 2.23. The summed E-state index contributed by atoms with van der Waals surface area (Å²) in [5.74, 6) is 7.03. The van der Waals surface area contributed by atoms with Crippen molar-refractivity contribution in [1.82, 2.24) is 14.9 Å². The smallest absolute Gasteiger partial charge is 0.239 e. The second-order valence-electron chi connectivity index (χ2n) is 4.92. The molecule has 1 fully saturated rings. The van der Waals surface area contributed by atoms with Gasteiger partial charge < -0.3 is 9.80 Å². The highest BCUT2D eigenvalue weighted by Gasteiger charge is 2.32. The molecular formula is C11H19ClN6. The minimum absolute atomic E-state index is 0.385. The van der Waals surface area contributed by atoms with Gasteiger partial charge in [-0.15, -0.1) is 0 Å². The number of hydrazine groups is 1. The molecule has 0 aromatic carbocycles. The Kier molecular flexibility index (Phi) is 3.89. The van der Waals surface area contributed by atoms with Crippen molar-refractivity contribution in [3.05, 3.63) is 11.2 Å². The first-order valence-corrected chi connectivity index (χ1v) is 6.31. The van der Waals surface area contributed by atoms with Crippen molar-refractivity contribution in [3.63, 3.8) is 0 Å². The second kappa shape index (κ2) is 5.26. The first-order chi connectivity index (χ1) is 8.52. The van der Waals surface area contributed by atoms with E-state index >= 15 is 0 Å². The third kappa shape index (κ3) is 2.50. The van der Waals surface area contributed by atoms with Crippen LogP contribution >= 0.6 is 11.6 Å². The Morgan fingerprint density at radius 3 is 2.78 bits per heavy atom. The Labute approximate surface area is 112 Å². The lowest BCUT2D eigenvalue weighted by molar-refractivity contribution is 0.266. The number of nitrogen functional groups attached to an aromatic ring is 1. The van der Waals surface area contributed by atoms with Gasteiger partial charge in [0.2, 0.25) is 5.95 Å². The first-order valence-electron chi connectivity index (χ1n) is 5.93. The highest BCUT2D eigenvalue weighted by molar-refractivity contribution is 6.32. The molecule has 100 valence electrons. The molecule has 2 heterocycles. The van der Waals surface area contributed by atoms with Crippen LogP contribution in [0.1, 0.15) is 6.92 Å². The Bertz CT molecular complexity index is 424. The van der Waals surface area contributed by atoms with E-state index in [0.717, 1.165) is 18.9 Å². The Morgan fingerprint density at radius 2 is 2.22 bits per heavy atom. The molecular weight excluding hydrogens is 252 g/mol. The van der Waals surface area contributed by atoms with Gasteiger partial charge in [0.05, 0.1) is 6.20 Å². The van der Waals surface area contributed by atoms with Crippen LogP contribution in [0.4, 0.5) is 11.8 Å². The maximum Gasteiger partial charge on any atom is 0.239 e. The molecule has 1 aliphatic heterocycles. The van der Waals surface area contributed by atoms with E-state index in [9.17, 15) is 0 Å². The van der Waals surface area contributed by atoms with E-state index in [1.165, 1.54) is 0 Å². The van der Waals surface area contributed by atoms with Gasteiger partial charge in [0, 0.05) is 19.1 Å². The minimum Gasteiger partial charge on any atom is -0.353 e. The largest absolute Gasteiger partial charge is 0.353 e. The monoisotopic (exact) mass is 270 g/mol. The van der Waals surface area contributed by atoms with Gasteiger partial charge in [-0.1, -0.05) is 18.5 Å². The summed E-state index contributed by atoms with van der Waals surface area (Å²) in [6.45, 7) is 4.08. The molecule has 3 N–H and O–H groups in total. The van der Waals surface area contributed by atoms with E-state index in [-0.39, 0.29) is 0 Å². The van der Waals surface area contributed by atoms with Crippen LogP contribution in [0.15, 0.2) is 6.20 Å². The fourth-order valence-electron chi connectivity index (χ4n) is 2.44. The molecule has 18 heavy (non-hydrogen) atoms. The first kappa shape index (κ1) is 13.3. The van der Waals surface area contributed by atoms with Crippen LogP contribution in [-0.2, 0) is 0 Å². The topological polar surface area (TPSA) is 70.3 Å². The average molecular weight is 271 g/mol. The normalized spacial score (nSPS) is 23.8. The molecule has 0 saturated carbocycles. The van der Waals surface area contributed by atoms with E-state index in [4.69, 9.17) is 17.4 Å². The molecule has 0 aliphatic carbocycles. The highest BCUT2D eigenvalue weighted by Crippen LogP contribution is 2.30. The number of hydrogen-bond acceptors (Lipinski definition) is 6. The van der Waals surface area contributed by atoms with Gasteiger partial charge in [-0.25, -0.2) is 10.8 Å². The summed E-state index contributed by atoms with van der Waals surface area (Å²) in [5.41, 5.74) is 2.45. The van der Waals surface area contributed by atoms with Gasteiger partial charge in [-0.2, -0.15) is 4.98 Å². The summed E-state index contributed by atoms with van der Waals surface area (Å²) in [4.78, 5) is 12.7. The van der Waals surface area contributed by atoms with Crippen molar-refractivity contribution < 1.29 is 0 Å². The van der Waals surface area contributed by atoms with Gasteiger partial charge in [-0.05, 0) is 20.0 Å². The van der Waals surface area contributed by atoms with Crippen molar-refractivity contribution >= 4 is 23.4 Å². The number of nitrogens with one attached hydrogen (secondary N) is 1. The molecule has 0 bridgehead atoms. The number of aromatic nitrogens is 2. The molecule has 1 aromatic rings. The average Bonchev–Trinajstić information content (AvgIpc) is 2.72. The lowest BCUT2D eigenvalue weighted by atomic mass is 10.1. The Morgan fingerprint density at radius 1 is 1.50 bits per heavy atom. The fourth-order valence-corrected chi connectivity index (χ4v) is 2.65. The highest BCUT2D eigenvalue weighted by atomic mass is 35.5. The van der Waals surface area contributed by atoms with Crippen molar-refractivity contribution in [2.24, 2.45) is 11.8 Å². The molecule has 2 rings (SSSR count). The number of halogens is 1. The van der Waals surface area contributed by atoms with Crippen LogP contribution in [0.25, 0.3) is 0 Å². The van der Waals surface area contributed by atoms with E-state index in [1.807, 2.05) is 0 Å². The zero-order valence-electron chi connectivity index (χ0n) is 10.9. The van der Waals surface area contributed by atoms with Crippen molar-refractivity contribution in [1.29, 1.82) is 0 Å². The molecule has 0 amide bonds. The van der Waals surface area contributed by atoms with Crippen LogP contribution in [0.3, 0.4) is 0 Å². The summed E-state index contributed by atoms with van der Waals surface area (Å²) < 4.78 is 0. The quantitative estimate of drug-likeness (QED) is 0.626. The number of likely N-dealkylation sites (N-methyl/N-ethyl adjacent to an activating group) is 1. The summed E-state index contributed by atoms with van der Waals surface area (Å²) in [5, 5.41) is 0.556. The van der Waals surface area contributed by atoms with E-state index in [1.54, 1.807) is 6.20 Å². The van der Waals surface area contributed by atoms with E-state index < -0.39 is 0 Å². The minimum atomic E-state index is 0.385. The van der Waals surface area contributed by atoms with Gasteiger partial charge in [0.1, 0.15) is 5.02 Å².